The summed E-state index contributed by atoms with van der Waals surface area (Å²) in [5.41, 5.74) is 4.16. The normalized spacial score (nSPS) is 18.7. The average molecular weight is 495 g/mol. The zero-order chi connectivity index (χ0) is 25.9. The maximum Gasteiger partial charge on any atom is 0.332 e. The number of aryl methyl sites for hydroxylation is 1. The van der Waals surface area contributed by atoms with Crippen LogP contribution in [0, 0.1) is 6.92 Å². The van der Waals surface area contributed by atoms with Gasteiger partial charge >= 0.3 is 6.03 Å². The minimum Gasteiger partial charge on any atom is -0.497 e. The van der Waals surface area contributed by atoms with E-state index >= 15 is 0 Å². The van der Waals surface area contributed by atoms with Crippen LogP contribution in [0.4, 0.5) is 16.2 Å². The molecule has 3 heterocycles. The minimum atomic E-state index is -1.15. The smallest absolute Gasteiger partial charge is 0.332 e. The van der Waals surface area contributed by atoms with Gasteiger partial charge in [0, 0.05) is 28.7 Å². The number of nitrogens with one attached hydrogen (secondary N) is 2. The number of hydrogen-bond acceptors (Lipinski definition) is 4. The van der Waals surface area contributed by atoms with Crippen LogP contribution in [0.15, 0.2) is 66.7 Å². The number of amides is 4. The van der Waals surface area contributed by atoms with Crippen molar-refractivity contribution in [1.82, 2.24) is 9.88 Å². The van der Waals surface area contributed by atoms with Crippen molar-refractivity contribution in [2.24, 2.45) is 0 Å². The van der Waals surface area contributed by atoms with Crippen molar-refractivity contribution in [3.05, 3.63) is 89.1 Å². The third-order valence-corrected chi connectivity index (χ3v) is 7.46. The van der Waals surface area contributed by atoms with Crippen molar-refractivity contribution in [3.63, 3.8) is 0 Å². The molecule has 4 amide bonds. The fourth-order valence-electron chi connectivity index (χ4n) is 5.38. The van der Waals surface area contributed by atoms with Gasteiger partial charge in [-0.2, -0.15) is 0 Å². The van der Waals surface area contributed by atoms with Crippen LogP contribution in [-0.4, -0.2) is 41.4 Å². The number of fused-ring (bicyclic) bond motifs is 5. The summed E-state index contributed by atoms with van der Waals surface area (Å²) >= 11 is 0. The molecule has 0 saturated carbocycles. The Kier molecular flexibility index (Phi) is 5.08. The Labute approximate surface area is 213 Å². The zero-order valence-corrected chi connectivity index (χ0v) is 20.8. The number of methoxy groups -OCH3 is 1. The molecule has 6 rings (SSSR count). The number of H-pyrrole nitrogens is 1. The Hall–Kier alpha value is -4.59. The predicted molar refractivity (Wildman–Crippen MR) is 141 cm³/mol. The molecule has 186 valence electrons. The lowest BCUT2D eigenvalue weighted by Gasteiger charge is -2.35. The molecular formula is C29H26N4O4. The Bertz CT molecular complexity index is 1570. The largest absolute Gasteiger partial charge is 0.497 e. The number of benzene rings is 3. The van der Waals surface area contributed by atoms with Gasteiger partial charge in [0.05, 0.1) is 18.5 Å². The molecule has 0 unspecified atom stereocenters. The molecule has 0 aliphatic carbocycles. The first-order valence-corrected chi connectivity index (χ1v) is 12.1. The van der Waals surface area contributed by atoms with E-state index in [0.717, 1.165) is 33.5 Å². The summed E-state index contributed by atoms with van der Waals surface area (Å²) in [7, 11) is 1.62. The lowest BCUT2D eigenvalue weighted by molar-refractivity contribution is -0.125. The number of aromatic amines is 1. The summed E-state index contributed by atoms with van der Waals surface area (Å²) < 4.78 is 5.39. The maximum atomic E-state index is 13.9. The summed E-state index contributed by atoms with van der Waals surface area (Å²) in [4.78, 5) is 46.3. The Morgan fingerprint density at radius 2 is 1.76 bits per heavy atom. The molecule has 1 saturated heterocycles. The summed E-state index contributed by atoms with van der Waals surface area (Å²) in [5, 5.41) is 3.86. The van der Waals surface area contributed by atoms with Crippen LogP contribution in [0.5, 0.6) is 5.75 Å². The summed E-state index contributed by atoms with van der Waals surface area (Å²) in [6, 6.07) is 19.4. The number of aromatic nitrogens is 1. The number of ether oxygens (including phenoxy) is 1. The summed E-state index contributed by atoms with van der Waals surface area (Å²) in [6.45, 7) is 4.20. The molecule has 1 fully saturated rings. The highest BCUT2D eigenvalue weighted by Crippen LogP contribution is 2.45. The molecule has 8 heteroatoms. The third kappa shape index (κ3) is 3.40. The Balaban J connectivity index is 1.30. The summed E-state index contributed by atoms with van der Waals surface area (Å²) in [6.07, 6.45) is 0.628. The molecule has 8 nitrogen and oxygen atoms in total. The van der Waals surface area contributed by atoms with Gasteiger partial charge in [0.15, 0.2) is 5.54 Å². The van der Waals surface area contributed by atoms with Crippen LogP contribution in [0.1, 0.15) is 34.1 Å². The van der Waals surface area contributed by atoms with Gasteiger partial charge in [0.1, 0.15) is 5.75 Å². The minimum absolute atomic E-state index is 0.267. The van der Waals surface area contributed by atoms with Gasteiger partial charge in [-0.25, -0.2) is 9.69 Å². The molecular weight excluding hydrogens is 468 g/mol. The lowest BCUT2D eigenvalue weighted by atomic mass is 9.87. The molecule has 0 bridgehead atoms. The monoisotopic (exact) mass is 494 g/mol. The second-order valence-corrected chi connectivity index (χ2v) is 9.65. The van der Waals surface area contributed by atoms with Crippen molar-refractivity contribution < 1.29 is 19.1 Å². The van der Waals surface area contributed by atoms with Crippen LogP contribution in [-0.2, 0) is 16.8 Å². The van der Waals surface area contributed by atoms with Gasteiger partial charge < -0.3 is 19.9 Å². The third-order valence-electron chi connectivity index (χ3n) is 7.46. The first-order valence-electron chi connectivity index (χ1n) is 12.1. The van der Waals surface area contributed by atoms with Crippen LogP contribution in [0.3, 0.4) is 0 Å². The fourth-order valence-corrected chi connectivity index (χ4v) is 5.38. The van der Waals surface area contributed by atoms with Gasteiger partial charge in [-0.1, -0.05) is 17.7 Å². The van der Waals surface area contributed by atoms with Crippen molar-refractivity contribution in [2.75, 3.05) is 23.9 Å². The molecule has 2 aliphatic heterocycles. The molecule has 37 heavy (non-hydrogen) atoms. The van der Waals surface area contributed by atoms with Crippen LogP contribution in [0.25, 0.3) is 10.9 Å². The van der Waals surface area contributed by atoms with Crippen molar-refractivity contribution >= 4 is 40.1 Å². The molecule has 1 atom stereocenters. The standard InChI is InChI=1S/C29H26N4O4/c1-17-4-8-19(9-5-17)30-26(34)18-6-10-20(11-7-18)33-27(35)29(2)25-22(14-15-32(29)28(33)36)23-16-21(37-3)12-13-24(23)31-25/h4-13,16,31H,14-15H2,1-3H3,(H,30,34)/t29-/m0/s1. The van der Waals surface area contributed by atoms with Gasteiger partial charge in [-0.05, 0) is 80.4 Å². The fraction of sp³-hybridized carbons (Fsp3) is 0.207. The van der Waals surface area contributed by atoms with Gasteiger partial charge in [0.2, 0.25) is 0 Å². The second-order valence-electron chi connectivity index (χ2n) is 9.65. The van der Waals surface area contributed by atoms with E-state index < -0.39 is 5.54 Å². The number of hydrogen-bond donors (Lipinski definition) is 2. The lowest BCUT2D eigenvalue weighted by Crippen LogP contribution is -2.49. The SMILES string of the molecule is COc1ccc2[nH]c3c(c2c1)CCN1C(=O)N(c2ccc(C(=O)Nc4ccc(C)cc4)cc2)C(=O)[C@]31C. The maximum absolute atomic E-state index is 13.9. The molecule has 0 radical (unpaired) electrons. The Morgan fingerprint density at radius 1 is 1.03 bits per heavy atom. The number of nitrogens with zero attached hydrogens (tertiary/aromatic N) is 2. The van der Waals surface area contributed by atoms with Crippen molar-refractivity contribution in [1.29, 1.82) is 0 Å². The van der Waals surface area contributed by atoms with Gasteiger partial charge in [-0.15, -0.1) is 0 Å². The highest BCUT2D eigenvalue weighted by molar-refractivity contribution is 6.23. The number of imide groups is 1. The van der Waals surface area contributed by atoms with Gasteiger partial charge in [-0.3, -0.25) is 9.59 Å². The van der Waals surface area contributed by atoms with Crippen LogP contribution >= 0.6 is 0 Å². The van der Waals surface area contributed by atoms with Crippen molar-refractivity contribution in [2.45, 2.75) is 25.8 Å². The topological polar surface area (TPSA) is 94.7 Å². The van der Waals surface area contributed by atoms with Crippen molar-refractivity contribution in [3.8, 4) is 5.75 Å². The molecule has 3 aromatic carbocycles. The summed E-state index contributed by atoms with van der Waals surface area (Å²) in [5.74, 6) is 0.148. The number of rotatable bonds is 4. The highest BCUT2D eigenvalue weighted by Gasteiger charge is 2.59. The van der Waals surface area contributed by atoms with E-state index in [1.54, 1.807) is 43.2 Å². The van der Waals surface area contributed by atoms with E-state index in [9.17, 15) is 14.4 Å². The number of carbonyl (C=O) groups excluding carboxylic acids is 3. The van der Waals surface area contributed by atoms with Gasteiger partial charge in [0.25, 0.3) is 11.8 Å². The van der Waals surface area contributed by atoms with E-state index in [4.69, 9.17) is 4.74 Å². The molecule has 2 aliphatic rings. The second kappa shape index (κ2) is 8.23. The number of anilines is 2. The van der Waals surface area contributed by atoms with Crippen LogP contribution in [0.2, 0.25) is 0 Å². The highest BCUT2D eigenvalue weighted by atomic mass is 16.5. The first-order chi connectivity index (χ1) is 17.8. The van der Waals surface area contributed by atoms with E-state index in [2.05, 4.69) is 10.3 Å². The zero-order valence-electron chi connectivity index (χ0n) is 20.8. The van der Waals surface area contributed by atoms with E-state index in [1.807, 2.05) is 49.4 Å². The number of carbonyl (C=O) groups is 3. The van der Waals surface area contributed by atoms with E-state index in [1.165, 1.54) is 4.90 Å². The quantitative estimate of drug-likeness (QED) is 0.392. The molecule has 0 spiro atoms. The van der Waals surface area contributed by atoms with Crippen LogP contribution < -0.4 is 15.0 Å². The van der Waals surface area contributed by atoms with E-state index in [0.29, 0.717) is 29.9 Å². The Morgan fingerprint density at radius 3 is 2.46 bits per heavy atom. The molecule has 2 N–H and O–H groups in total. The first kappa shape index (κ1) is 22.8. The predicted octanol–water partition coefficient (Wildman–Crippen LogP) is 4.98. The average Bonchev–Trinajstić information content (AvgIpc) is 3.38. The molecule has 1 aromatic heterocycles. The molecule has 4 aromatic rings. The number of urea groups is 1. The van der Waals surface area contributed by atoms with E-state index in [-0.39, 0.29) is 17.8 Å².